The summed E-state index contributed by atoms with van der Waals surface area (Å²) in [4.78, 5) is 24.3. The Morgan fingerprint density at radius 3 is 2.24 bits per heavy atom. The molecule has 0 bridgehead atoms. The number of fused-ring (bicyclic) bond motifs is 6. The monoisotopic (exact) mass is 450 g/mol. The van der Waals surface area contributed by atoms with Gasteiger partial charge in [0.1, 0.15) is 17.3 Å². The van der Waals surface area contributed by atoms with Crippen molar-refractivity contribution in [2.24, 2.45) is 0 Å². The zero-order chi connectivity index (χ0) is 23.7. The summed E-state index contributed by atoms with van der Waals surface area (Å²) in [6, 6.07) is 11.9. The normalized spacial score (nSPS) is 18.2. The second-order valence-corrected chi connectivity index (χ2v) is 9.17. The molecule has 33 heavy (non-hydrogen) atoms. The highest BCUT2D eigenvalue weighted by Gasteiger charge is 2.54. The molecule has 2 aliphatic rings. The smallest absolute Gasteiger partial charge is 0.340 e. The van der Waals surface area contributed by atoms with Crippen LogP contribution < -0.4 is 9.47 Å². The molecule has 2 heterocycles. The summed E-state index contributed by atoms with van der Waals surface area (Å²) in [7, 11) is 0. The number of hydrogen-bond donors (Lipinski definition) is 0. The number of rotatable bonds is 1. The predicted octanol–water partition coefficient (Wildman–Crippen LogP) is 5.76. The van der Waals surface area contributed by atoms with E-state index in [1.807, 2.05) is 20.8 Å². The van der Waals surface area contributed by atoms with Crippen molar-refractivity contribution >= 4 is 11.9 Å². The lowest BCUT2D eigenvalue weighted by Gasteiger charge is -2.37. The van der Waals surface area contributed by atoms with Crippen LogP contribution in [0.3, 0.4) is 0 Å². The molecule has 0 N–H and O–H groups in total. The molecule has 7 heteroatoms. The second-order valence-electron chi connectivity index (χ2n) is 9.17. The van der Waals surface area contributed by atoms with Gasteiger partial charge in [-0.3, -0.25) is 4.79 Å². The molecule has 1 spiro atoms. The van der Waals surface area contributed by atoms with Crippen molar-refractivity contribution in [3.63, 3.8) is 0 Å². The highest BCUT2D eigenvalue weighted by Crippen LogP contribution is 2.57. The van der Waals surface area contributed by atoms with Crippen LogP contribution in [0.1, 0.15) is 60.3 Å². The largest absolute Gasteiger partial charge is 0.456 e. The number of hydrogen-bond acceptors (Lipinski definition) is 5. The van der Waals surface area contributed by atoms with Gasteiger partial charge in [-0.1, -0.05) is 39.0 Å². The number of carbonyl (C=O) groups excluding carboxylic acids is 2. The van der Waals surface area contributed by atoms with Crippen molar-refractivity contribution in [1.82, 2.24) is 0 Å². The molecule has 168 valence electrons. The molecule has 0 fully saturated rings. The second kappa shape index (κ2) is 6.88. The predicted molar refractivity (Wildman–Crippen MR) is 115 cm³/mol. The Morgan fingerprint density at radius 1 is 0.939 bits per heavy atom. The van der Waals surface area contributed by atoms with Crippen molar-refractivity contribution in [3.8, 4) is 17.2 Å². The first-order chi connectivity index (χ1) is 15.5. The summed E-state index contributed by atoms with van der Waals surface area (Å²) >= 11 is 0. The fourth-order valence-electron chi connectivity index (χ4n) is 4.50. The maximum atomic E-state index is 15.3. The molecule has 5 rings (SSSR count). The third-order valence-corrected chi connectivity index (χ3v) is 5.92. The minimum atomic E-state index is -1.62. The van der Waals surface area contributed by atoms with E-state index in [9.17, 15) is 14.0 Å². The third kappa shape index (κ3) is 3.03. The highest BCUT2D eigenvalue weighted by molar-refractivity contribution is 5.97. The van der Waals surface area contributed by atoms with Crippen LogP contribution >= 0.6 is 0 Å². The third-order valence-electron chi connectivity index (χ3n) is 5.92. The van der Waals surface area contributed by atoms with Crippen LogP contribution in [-0.4, -0.2) is 11.9 Å². The van der Waals surface area contributed by atoms with Crippen LogP contribution in [0.4, 0.5) is 8.78 Å². The Morgan fingerprint density at radius 2 is 1.58 bits per heavy atom. The van der Waals surface area contributed by atoms with Crippen molar-refractivity contribution in [1.29, 1.82) is 0 Å². The fourth-order valence-corrected chi connectivity index (χ4v) is 4.50. The van der Waals surface area contributed by atoms with Gasteiger partial charge >= 0.3 is 11.9 Å². The molecule has 0 saturated heterocycles. The standard InChI is InChI=1S/C26H20F2O5/c1-13(29)31-23-12-22-18(10-20(23)28)26(15-8-6-5-7-14(15)24(30)33-26)17-9-19(27)16(25(2,3)4)11-21(17)32-22/h5-12H,1-4H3. The first kappa shape index (κ1) is 21.1. The van der Waals surface area contributed by atoms with E-state index in [-0.39, 0.29) is 28.4 Å². The van der Waals surface area contributed by atoms with Crippen LogP contribution in [-0.2, 0) is 20.5 Å². The molecular weight excluding hydrogens is 430 g/mol. The highest BCUT2D eigenvalue weighted by atomic mass is 19.1. The topological polar surface area (TPSA) is 61.8 Å². The molecule has 2 aliphatic heterocycles. The van der Waals surface area contributed by atoms with Gasteiger partial charge in [0.15, 0.2) is 17.2 Å². The minimum absolute atomic E-state index is 0.135. The molecule has 0 aromatic heterocycles. The molecular formula is C26H20F2O5. The van der Waals surface area contributed by atoms with Gasteiger partial charge in [-0.05, 0) is 35.2 Å². The van der Waals surface area contributed by atoms with Gasteiger partial charge in [0.2, 0.25) is 0 Å². The number of carbonyl (C=O) groups is 2. The Kier molecular flexibility index (Phi) is 4.40. The van der Waals surface area contributed by atoms with Crippen LogP contribution in [0.25, 0.3) is 0 Å². The fraction of sp³-hybridized carbons (Fsp3) is 0.231. The van der Waals surface area contributed by atoms with E-state index < -0.39 is 34.6 Å². The minimum Gasteiger partial charge on any atom is -0.456 e. The summed E-state index contributed by atoms with van der Waals surface area (Å²) in [6.45, 7) is 6.75. The lowest BCUT2D eigenvalue weighted by Crippen LogP contribution is -2.34. The summed E-state index contributed by atoms with van der Waals surface area (Å²) in [6.07, 6.45) is 0. The van der Waals surface area contributed by atoms with Gasteiger partial charge in [-0.25, -0.2) is 13.6 Å². The van der Waals surface area contributed by atoms with Crippen LogP contribution in [0.5, 0.6) is 17.2 Å². The Bertz CT molecular complexity index is 1360. The van der Waals surface area contributed by atoms with Gasteiger partial charge in [0.05, 0.1) is 16.7 Å². The first-order valence-corrected chi connectivity index (χ1v) is 10.4. The Hall–Kier alpha value is -3.74. The zero-order valence-corrected chi connectivity index (χ0v) is 18.4. The molecule has 0 radical (unpaired) electrons. The van der Waals surface area contributed by atoms with Crippen molar-refractivity contribution < 1.29 is 32.6 Å². The SMILES string of the molecule is CC(=O)Oc1cc2c(cc1F)C1(OC(=O)c3ccccc31)c1cc(F)c(C(C)(C)C)cc1O2. The first-order valence-electron chi connectivity index (χ1n) is 10.4. The molecule has 0 aliphatic carbocycles. The van der Waals surface area contributed by atoms with E-state index in [1.54, 1.807) is 30.3 Å². The molecule has 5 nitrogen and oxygen atoms in total. The van der Waals surface area contributed by atoms with Gasteiger partial charge in [0.25, 0.3) is 0 Å². The molecule has 3 aromatic carbocycles. The van der Waals surface area contributed by atoms with Gasteiger partial charge in [-0.2, -0.15) is 0 Å². The van der Waals surface area contributed by atoms with E-state index in [2.05, 4.69) is 0 Å². The van der Waals surface area contributed by atoms with E-state index >= 15 is 4.39 Å². The zero-order valence-electron chi connectivity index (χ0n) is 18.4. The quantitative estimate of drug-likeness (QED) is 0.349. The maximum absolute atomic E-state index is 15.3. The Balaban J connectivity index is 1.85. The summed E-state index contributed by atoms with van der Waals surface area (Å²) in [5.74, 6) is -2.58. The average Bonchev–Trinajstić information content (AvgIpc) is 3.02. The van der Waals surface area contributed by atoms with E-state index in [4.69, 9.17) is 14.2 Å². The summed E-state index contributed by atoms with van der Waals surface area (Å²) in [5, 5.41) is 0. The number of ether oxygens (including phenoxy) is 3. The molecule has 1 unspecified atom stereocenters. The van der Waals surface area contributed by atoms with Gasteiger partial charge in [0, 0.05) is 18.6 Å². The maximum Gasteiger partial charge on any atom is 0.340 e. The molecule has 0 amide bonds. The lowest BCUT2D eigenvalue weighted by atomic mass is 9.76. The van der Waals surface area contributed by atoms with E-state index in [0.29, 0.717) is 16.7 Å². The Labute approximate surface area is 188 Å². The lowest BCUT2D eigenvalue weighted by molar-refractivity contribution is -0.132. The van der Waals surface area contributed by atoms with Gasteiger partial charge in [-0.15, -0.1) is 0 Å². The molecule has 0 saturated carbocycles. The summed E-state index contributed by atoms with van der Waals surface area (Å²) in [5.41, 5.74) is -0.595. The molecule has 1 atom stereocenters. The van der Waals surface area contributed by atoms with Crippen molar-refractivity contribution in [2.75, 3.05) is 0 Å². The number of halogens is 2. The van der Waals surface area contributed by atoms with Crippen LogP contribution in [0.15, 0.2) is 48.5 Å². The average molecular weight is 450 g/mol. The van der Waals surface area contributed by atoms with E-state index in [0.717, 1.165) is 13.0 Å². The van der Waals surface area contributed by atoms with Gasteiger partial charge < -0.3 is 14.2 Å². The van der Waals surface area contributed by atoms with Crippen molar-refractivity contribution in [2.45, 2.75) is 38.7 Å². The van der Waals surface area contributed by atoms with Crippen molar-refractivity contribution in [3.05, 3.63) is 88.0 Å². The number of esters is 2. The van der Waals surface area contributed by atoms with E-state index in [1.165, 1.54) is 12.1 Å². The molecule has 3 aromatic rings. The van der Waals surface area contributed by atoms with Crippen LogP contribution in [0.2, 0.25) is 0 Å². The number of benzene rings is 3. The van der Waals surface area contributed by atoms with Crippen LogP contribution in [0, 0.1) is 11.6 Å². The summed E-state index contributed by atoms with van der Waals surface area (Å²) < 4.78 is 47.2.